The normalized spacial score (nSPS) is 12.8. The van der Waals surface area contributed by atoms with E-state index in [-0.39, 0.29) is 0 Å². The van der Waals surface area contributed by atoms with Crippen LogP contribution in [0.25, 0.3) is 0 Å². The fourth-order valence-corrected chi connectivity index (χ4v) is 2.16. The number of amides is 1. The fraction of sp³-hybridized carbons (Fsp3) is 0.125. The lowest BCUT2D eigenvalue weighted by Gasteiger charge is -2.09. The summed E-state index contributed by atoms with van der Waals surface area (Å²) in [6, 6.07) is 16.3. The lowest BCUT2D eigenvalue weighted by Crippen LogP contribution is -2.26. The van der Waals surface area contributed by atoms with Gasteiger partial charge in [0.2, 0.25) is 0 Å². The molecule has 108 valence electrons. The van der Waals surface area contributed by atoms with Gasteiger partial charge in [-0.15, -0.1) is 0 Å². The number of halogens is 1. The first-order chi connectivity index (χ1) is 10.1. The predicted octanol–water partition coefficient (Wildman–Crippen LogP) is 3.02. The molecule has 2 aromatic carbocycles. The summed E-state index contributed by atoms with van der Waals surface area (Å²) >= 11 is 3.38. The lowest BCUT2D eigenvalue weighted by molar-refractivity contribution is -0.129. The van der Waals surface area contributed by atoms with E-state index in [9.17, 15) is 9.90 Å². The summed E-state index contributed by atoms with van der Waals surface area (Å²) in [5, 5.41) is 13.9. The molecule has 0 bridgehead atoms. The Kier molecular flexibility index (Phi) is 5.25. The molecule has 0 fully saturated rings. The Morgan fingerprint density at radius 2 is 1.90 bits per heavy atom. The molecule has 5 heteroatoms. The van der Waals surface area contributed by atoms with Crippen LogP contribution in [0.2, 0.25) is 0 Å². The van der Waals surface area contributed by atoms with Gasteiger partial charge in [-0.05, 0) is 30.2 Å². The molecule has 0 aliphatic carbocycles. The van der Waals surface area contributed by atoms with Gasteiger partial charge in [0, 0.05) is 4.47 Å². The van der Waals surface area contributed by atoms with Crippen molar-refractivity contribution in [3.63, 3.8) is 0 Å². The first kappa shape index (κ1) is 15.4. The van der Waals surface area contributed by atoms with Crippen LogP contribution >= 0.6 is 15.9 Å². The largest absolute Gasteiger partial charge is 0.378 e. The highest BCUT2D eigenvalue weighted by molar-refractivity contribution is 9.10. The Hall–Kier alpha value is -1.98. The molecule has 0 saturated carbocycles. The third kappa shape index (κ3) is 4.24. The lowest BCUT2D eigenvalue weighted by atomic mass is 10.1. The molecule has 0 radical (unpaired) electrons. The quantitative estimate of drug-likeness (QED) is 0.660. The third-order valence-corrected chi connectivity index (χ3v) is 3.43. The van der Waals surface area contributed by atoms with Crippen LogP contribution in [0.1, 0.15) is 24.2 Å². The molecule has 0 aromatic heterocycles. The third-order valence-electron chi connectivity index (χ3n) is 2.94. The summed E-state index contributed by atoms with van der Waals surface area (Å²) < 4.78 is 0.935. The number of carbonyl (C=O) groups is 1. The minimum atomic E-state index is -1.23. The minimum Gasteiger partial charge on any atom is -0.378 e. The SMILES string of the molecule is C/C(=N/NC(=O)[C@@H](O)c1ccccc1)c1cccc(Br)c1. The molecule has 0 unspecified atom stereocenters. The predicted molar refractivity (Wildman–Crippen MR) is 85.9 cm³/mol. The van der Waals surface area contributed by atoms with Crippen molar-refractivity contribution in [3.8, 4) is 0 Å². The smallest absolute Gasteiger partial charge is 0.273 e. The van der Waals surface area contributed by atoms with Crippen molar-refractivity contribution in [2.45, 2.75) is 13.0 Å². The van der Waals surface area contributed by atoms with Crippen LogP contribution < -0.4 is 5.43 Å². The molecular weight excluding hydrogens is 332 g/mol. The van der Waals surface area contributed by atoms with Gasteiger partial charge in [-0.3, -0.25) is 4.79 Å². The summed E-state index contributed by atoms with van der Waals surface area (Å²) in [4.78, 5) is 11.9. The number of carbonyl (C=O) groups excluding carboxylic acids is 1. The van der Waals surface area contributed by atoms with Gasteiger partial charge >= 0.3 is 0 Å². The molecule has 21 heavy (non-hydrogen) atoms. The number of nitrogens with one attached hydrogen (secondary N) is 1. The Morgan fingerprint density at radius 3 is 2.57 bits per heavy atom. The van der Waals surface area contributed by atoms with Crippen LogP contribution in [0.4, 0.5) is 0 Å². The Labute approximate surface area is 131 Å². The van der Waals surface area contributed by atoms with Crippen molar-refractivity contribution in [1.29, 1.82) is 0 Å². The van der Waals surface area contributed by atoms with E-state index in [1.54, 1.807) is 31.2 Å². The number of aliphatic hydroxyl groups is 1. The van der Waals surface area contributed by atoms with Crippen LogP contribution in [-0.2, 0) is 4.79 Å². The van der Waals surface area contributed by atoms with E-state index in [2.05, 4.69) is 26.5 Å². The zero-order chi connectivity index (χ0) is 15.2. The van der Waals surface area contributed by atoms with E-state index in [1.165, 1.54) is 0 Å². The summed E-state index contributed by atoms with van der Waals surface area (Å²) in [5.74, 6) is -0.560. The molecule has 1 amide bonds. The molecule has 0 aliphatic heterocycles. The van der Waals surface area contributed by atoms with Crippen LogP contribution in [0.3, 0.4) is 0 Å². The van der Waals surface area contributed by atoms with Gasteiger partial charge in [0.25, 0.3) is 5.91 Å². The second-order valence-corrected chi connectivity index (χ2v) is 5.41. The number of benzene rings is 2. The average molecular weight is 347 g/mol. The summed E-state index contributed by atoms with van der Waals surface area (Å²) in [6.07, 6.45) is -1.23. The van der Waals surface area contributed by atoms with Crippen molar-refractivity contribution in [1.82, 2.24) is 5.43 Å². The summed E-state index contributed by atoms with van der Waals surface area (Å²) in [6.45, 7) is 1.79. The fourth-order valence-electron chi connectivity index (χ4n) is 1.76. The van der Waals surface area contributed by atoms with Crippen molar-refractivity contribution >= 4 is 27.5 Å². The number of rotatable bonds is 4. The number of hydrazone groups is 1. The molecule has 0 spiro atoms. The van der Waals surface area contributed by atoms with E-state index in [0.717, 1.165) is 10.0 Å². The van der Waals surface area contributed by atoms with Crippen LogP contribution in [0.5, 0.6) is 0 Å². The highest BCUT2D eigenvalue weighted by atomic mass is 79.9. The van der Waals surface area contributed by atoms with E-state index in [0.29, 0.717) is 11.3 Å². The van der Waals surface area contributed by atoms with Gasteiger partial charge in [0.1, 0.15) is 0 Å². The molecule has 2 N–H and O–H groups in total. The monoisotopic (exact) mass is 346 g/mol. The van der Waals surface area contributed by atoms with Crippen LogP contribution in [-0.4, -0.2) is 16.7 Å². The van der Waals surface area contributed by atoms with Crippen molar-refractivity contribution in [2.24, 2.45) is 5.10 Å². The van der Waals surface area contributed by atoms with Crippen molar-refractivity contribution in [2.75, 3.05) is 0 Å². The number of hydrogen-bond acceptors (Lipinski definition) is 3. The van der Waals surface area contributed by atoms with Crippen LogP contribution in [0.15, 0.2) is 64.2 Å². The first-order valence-corrected chi connectivity index (χ1v) is 7.20. The van der Waals surface area contributed by atoms with E-state index < -0.39 is 12.0 Å². The maximum absolute atomic E-state index is 11.9. The Bertz CT molecular complexity index is 656. The summed E-state index contributed by atoms with van der Waals surface area (Å²) in [7, 11) is 0. The van der Waals surface area contributed by atoms with E-state index in [1.807, 2.05) is 30.3 Å². The van der Waals surface area contributed by atoms with Gasteiger partial charge in [-0.2, -0.15) is 5.10 Å². The van der Waals surface area contributed by atoms with E-state index >= 15 is 0 Å². The Morgan fingerprint density at radius 1 is 1.19 bits per heavy atom. The molecular formula is C16H15BrN2O2. The van der Waals surface area contributed by atoms with Gasteiger partial charge in [0.15, 0.2) is 6.10 Å². The second kappa shape index (κ2) is 7.15. The molecule has 0 heterocycles. The van der Waals surface area contributed by atoms with Crippen molar-refractivity contribution < 1.29 is 9.90 Å². The van der Waals surface area contributed by atoms with Gasteiger partial charge in [0.05, 0.1) is 5.71 Å². The first-order valence-electron chi connectivity index (χ1n) is 6.41. The van der Waals surface area contributed by atoms with Crippen LogP contribution in [0, 0.1) is 0 Å². The van der Waals surface area contributed by atoms with Gasteiger partial charge in [-0.1, -0.05) is 58.4 Å². The summed E-state index contributed by atoms with van der Waals surface area (Å²) in [5.41, 5.74) is 4.46. The highest BCUT2D eigenvalue weighted by Crippen LogP contribution is 2.13. The topological polar surface area (TPSA) is 61.7 Å². The maximum atomic E-state index is 11.9. The van der Waals surface area contributed by atoms with Crippen molar-refractivity contribution in [3.05, 3.63) is 70.2 Å². The molecule has 0 saturated heterocycles. The van der Waals surface area contributed by atoms with Gasteiger partial charge in [-0.25, -0.2) is 5.43 Å². The molecule has 2 aromatic rings. The maximum Gasteiger partial charge on any atom is 0.273 e. The zero-order valence-electron chi connectivity index (χ0n) is 11.5. The standard InChI is InChI=1S/C16H15BrN2O2/c1-11(13-8-5-9-14(17)10-13)18-19-16(21)15(20)12-6-3-2-4-7-12/h2-10,15,20H,1H3,(H,19,21)/b18-11-/t15-/m0/s1. The number of hydrogen-bond donors (Lipinski definition) is 2. The number of nitrogens with zero attached hydrogens (tertiary/aromatic N) is 1. The minimum absolute atomic E-state index is 0.533. The Balaban J connectivity index is 2.05. The zero-order valence-corrected chi connectivity index (χ0v) is 13.0. The van der Waals surface area contributed by atoms with Gasteiger partial charge < -0.3 is 5.11 Å². The number of aliphatic hydroxyl groups excluding tert-OH is 1. The van der Waals surface area contributed by atoms with E-state index in [4.69, 9.17) is 0 Å². The molecule has 1 atom stereocenters. The molecule has 2 rings (SSSR count). The second-order valence-electron chi connectivity index (χ2n) is 4.50. The molecule has 4 nitrogen and oxygen atoms in total. The average Bonchev–Trinajstić information content (AvgIpc) is 2.52. The molecule has 0 aliphatic rings. The highest BCUT2D eigenvalue weighted by Gasteiger charge is 2.16.